The normalized spacial score (nSPS) is 19.1. The maximum Gasteiger partial charge on any atom is 0.274 e. The number of amides is 1. The van der Waals surface area contributed by atoms with E-state index < -0.39 is 4.92 Å². The molecule has 0 saturated carbocycles. The van der Waals surface area contributed by atoms with E-state index in [1.54, 1.807) is 19.1 Å². The Kier molecular flexibility index (Phi) is 4.68. The molecular formula is C14H19N3O3. The lowest BCUT2D eigenvalue weighted by Crippen LogP contribution is -2.39. The first-order valence-corrected chi connectivity index (χ1v) is 6.87. The minimum Gasteiger partial charge on any atom is -0.324 e. The molecule has 1 aromatic rings. The summed E-state index contributed by atoms with van der Waals surface area (Å²) >= 11 is 0. The number of carbonyl (C=O) groups excluding carboxylic acids is 1. The topological polar surface area (TPSA) is 84.3 Å². The second-order valence-electron chi connectivity index (χ2n) is 5.10. The van der Waals surface area contributed by atoms with Gasteiger partial charge in [0, 0.05) is 17.3 Å². The first kappa shape index (κ1) is 14.5. The molecule has 6 heteroatoms. The maximum absolute atomic E-state index is 12.1. The highest BCUT2D eigenvalue weighted by Gasteiger charge is 2.20. The highest BCUT2D eigenvalue weighted by molar-refractivity contribution is 5.95. The Morgan fingerprint density at radius 1 is 1.40 bits per heavy atom. The molecule has 2 N–H and O–H groups in total. The van der Waals surface area contributed by atoms with E-state index in [4.69, 9.17) is 0 Å². The largest absolute Gasteiger partial charge is 0.324 e. The maximum atomic E-state index is 12.1. The molecule has 1 saturated heterocycles. The average molecular weight is 277 g/mol. The number of nitrogens with zero attached hydrogens (tertiary/aromatic N) is 1. The second-order valence-corrected chi connectivity index (χ2v) is 5.10. The van der Waals surface area contributed by atoms with Crippen molar-refractivity contribution < 1.29 is 9.72 Å². The van der Waals surface area contributed by atoms with E-state index in [9.17, 15) is 14.9 Å². The number of carbonyl (C=O) groups is 1. The Labute approximate surface area is 117 Å². The SMILES string of the molecule is Cc1ccc(NC(=O)C2CCCCCN2)cc1[N+](=O)[O-]. The monoisotopic (exact) mass is 277 g/mol. The van der Waals surface area contributed by atoms with Crippen LogP contribution in [0.1, 0.15) is 31.2 Å². The molecule has 1 atom stereocenters. The third-order valence-corrected chi connectivity index (χ3v) is 3.55. The molecule has 1 aliphatic heterocycles. The molecule has 0 bridgehead atoms. The molecule has 0 radical (unpaired) electrons. The third kappa shape index (κ3) is 3.54. The van der Waals surface area contributed by atoms with Crippen LogP contribution in [0.15, 0.2) is 18.2 Å². The molecule has 0 aromatic heterocycles. The number of anilines is 1. The molecule has 1 unspecified atom stereocenters. The zero-order valence-electron chi connectivity index (χ0n) is 11.5. The number of benzene rings is 1. The van der Waals surface area contributed by atoms with E-state index in [0.717, 1.165) is 32.2 Å². The summed E-state index contributed by atoms with van der Waals surface area (Å²) in [5.74, 6) is -0.120. The number of nitro benzene ring substituents is 1. The summed E-state index contributed by atoms with van der Waals surface area (Å²) in [6.45, 7) is 2.52. The van der Waals surface area contributed by atoms with Gasteiger partial charge >= 0.3 is 0 Å². The van der Waals surface area contributed by atoms with Crippen molar-refractivity contribution in [3.8, 4) is 0 Å². The number of aryl methyl sites for hydroxylation is 1. The van der Waals surface area contributed by atoms with Crippen molar-refractivity contribution in [1.82, 2.24) is 5.32 Å². The van der Waals surface area contributed by atoms with Crippen LogP contribution in [0.3, 0.4) is 0 Å². The van der Waals surface area contributed by atoms with Gasteiger partial charge in [0.15, 0.2) is 0 Å². The summed E-state index contributed by atoms with van der Waals surface area (Å²) in [5, 5.41) is 16.8. The fourth-order valence-electron chi connectivity index (χ4n) is 2.37. The van der Waals surface area contributed by atoms with Gasteiger partial charge in [-0.15, -0.1) is 0 Å². The van der Waals surface area contributed by atoms with Crippen LogP contribution in [0.25, 0.3) is 0 Å². The van der Waals surface area contributed by atoms with Crippen LogP contribution < -0.4 is 10.6 Å². The Bertz CT molecular complexity index is 508. The number of nitrogens with one attached hydrogen (secondary N) is 2. The van der Waals surface area contributed by atoms with Crippen LogP contribution >= 0.6 is 0 Å². The van der Waals surface area contributed by atoms with Crippen molar-refractivity contribution in [2.75, 3.05) is 11.9 Å². The molecule has 1 aliphatic rings. The predicted octanol–water partition coefficient (Wildman–Crippen LogP) is 2.37. The number of rotatable bonds is 3. The third-order valence-electron chi connectivity index (χ3n) is 3.55. The Morgan fingerprint density at radius 3 is 2.95 bits per heavy atom. The highest BCUT2D eigenvalue weighted by Crippen LogP contribution is 2.22. The molecule has 0 spiro atoms. The van der Waals surface area contributed by atoms with Crippen molar-refractivity contribution >= 4 is 17.3 Å². The van der Waals surface area contributed by atoms with Crippen LogP contribution in [-0.2, 0) is 4.79 Å². The van der Waals surface area contributed by atoms with Gasteiger partial charge in [-0.25, -0.2) is 0 Å². The minimum absolute atomic E-state index is 0.0247. The van der Waals surface area contributed by atoms with E-state index in [2.05, 4.69) is 10.6 Å². The van der Waals surface area contributed by atoms with Gasteiger partial charge in [0.05, 0.1) is 11.0 Å². The molecule has 0 aliphatic carbocycles. The van der Waals surface area contributed by atoms with E-state index in [0.29, 0.717) is 11.3 Å². The van der Waals surface area contributed by atoms with Crippen LogP contribution in [0.2, 0.25) is 0 Å². The van der Waals surface area contributed by atoms with Crippen LogP contribution in [-0.4, -0.2) is 23.4 Å². The van der Waals surface area contributed by atoms with Gasteiger partial charge in [-0.2, -0.15) is 0 Å². The smallest absolute Gasteiger partial charge is 0.274 e. The molecule has 1 aromatic carbocycles. The lowest BCUT2D eigenvalue weighted by Gasteiger charge is -2.15. The van der Waals surface area contributed by atoms with E-state index in [-0.39, 0.29) is 17.6 Å². The molecule has 1 amide bonds. The molecule has 2 rings (SSSR count). The molecule has 1 heterocycles. The summed E-state index contributed by atoms with van der Waals surface area (Å²) in [6.07, 6.45) is 4.05. The van der Waals surface area contributed by atoms with E-state index in [1.165, 1.54) is 6.07 Å². The molecule has 108 valence electrons. The van der Waals surface area contributed by atoms with Crippen molar-refractivity contribution in [2.45, 2.75) is 38.6 Å². The van der Waals surface area contributed by atoms with Gasteiger partial charge < -0.3 is 10.6 Å². The predicted molar refractivity (Wildman–Crippen MR) is 76.7 cm³/mol. The minimum atomic E-state index is -0.436. The Balaban J connectivity index is 2.07. The lowest BCUT2D eigenvalue weighted by atomic mass is 10.1. The fraction of sp³-hybridized carbons (Fsp3) is 0.500. The molecular weight excluding hydrogens is 258 g/mol. The number of hydrogen-bond donors (Lipinski definition) is 2. The summed E-state index contributed by atoms with van der Waals surface area (Å²) in [7, 11) is 0. The first-order chi connectivity index (χ1) is 9.58. The summed E-state index contributed by atoms with van der Waals surface area (Å²) in [6, 6.07) is 4.53. The first-order valence-electron chi connectivity index (χ1n) is 6.87. The van der Waals surface area contributed by atoms with Gasteiger partial charge in [0.2, 0.25) is 5.91 Å². The zero-order chi connectivity index (χ0) is 14.5. The highest BCUT2D eigenvalue weighted by atomic mass is 16.6. The van der Waals surface area contributed by atoms with Gasteiger partial charge in [-0.1, -0.05) is 18.9 Å². The standard InChI is InChI=1S/C14H19N3O3/c1-10-6-7-11(9-13(10)17(19)20)16-14(18)12-5-3-2-4-8-15-12/h6-7,9,12,15H,2-5,8H2,1H3,(H,16,18). The van der Waals surface area contributed by atoms with Gasteiger partial charge in [0.25, 0.3) is 5.69 Å². The number of nitro groups is 1. The fourth-order valence-corrected chi connectivity index (χ4v) is 2.37. The lowest BCUT2D eigenvalue weighted by molar-refractivity contribution is -0.385. The summed E-state index contributed by atoms with van der Waals surface area (Å²) < 4.78 is 0. The Morgan fingerprint density at radius 2 is 2.20 bits per heavy atom. The molecule has 6 nitrogen and oxygen atoms in total. The van der Waals surface area contributed by atoms with Crippen LogP contribution in [0.5, 0.6) is 0 Å². The Hall–Kier alpha value is -1.95. The van der Waals surface area contributed by atoms with E-state index in [1.807, 2.05) is 0 Å². The van der Waals surface area contributed by atoms with Crippen LogP contribution in [0.4, 0.5) is 11.4 Å². The van der Waals surface area contributed by atoms with E-state index >= 15 is 0 Å². The summed E-state index contributed by atoms with van der Waals surface area (Å²) in [5.41, 5.74) is 1.08. The second kappa shape index (κ2) is 6.47. The average Bonchev–Trinajstić information content (AvgIpc) is 2.69. The van der Waals surface area contributed by atoms with Crippen LogP contribution in [0, 0.1) is 17.0 Å². The molecule has 20 heavy (non-hydrogen) atoms. The van der Waals surface area contributed by atoms with Crippen molar-refractivity contribution in [3.05, 3.63) is 33.9 Å². The van der Waals surface area contributed by atoms with Gasteiger partial charge in [-0.3, -0.25) is 14.9 Å². The summed E-state index contributed by atoms with van der Waals surface area (Å²) in [4.78, 5) is 22.6. The van der Waals surface area contributed by atoms with Gasteiger partial charge in [-0.05, 0) is 32.4 Å². The molecule has 1 fully saturated rings. The number of hydrogen-bond acceptors (Lipinski definition) is 4. The zero-order valence-corrected chi connectivity index (χ0v) is 11.5. The van der Waals surface area contributed by atoms with Crippen molar-refractivity contribution in [3.63, 3.8) is 0 Å². The van der Waals surface area contributed by atoms with Gasteiger partial charge in [0.1, 0.15) is 0 Å². The van der Waals surface area contributed by atoms with Crippen molar-refractivity contribution in [2.24, 2.45) is 0 Å². The quantitative estimate of drug-likeness (QED) is 0.656. The van der Waals surface area contributed by atoms with Crippen molar-refractivity contribution in [1.29, 1.82) is 0 Å².